The van der Waals surface area contributed by atoms with Gasteiger partial charge >= 0.3 is 5.97 Å². The van der Waals surface area contributed by atoms with Crippen molar-refractivity contribution in [3.05, 3.63) is 23.8 Å². The van der Waals surface area contributed by atoms with Crippen LogP contribution in [0.4, 0.5) is 5.69 Å². The summed E-state index contributed by atoms with van der Waals surface area (Å²) in [5.74, 6) is -0.699. The smallest absolute Gasteiger partial charge is 0.328 e. The molecule has 0 saturated heterocycles. The summed E-state index contributed by atoms with van der Waals surface area (Å²) in [6.07, 6.45) is 0.693. The second-order valence-electron chi connectivity index (χ2n) is 5.56. The molecule has 1 aliphatic heterocycles. The number of anilines is 1. The van der Waals surface area contributed by atoms with Gasteiger partial charge in [0.1, 0.15) is 11.8 Å². The molecule has 0 fully saturated rings. The van der Waals surface area contributed by atoms with Gasteiger partial charge in [-0.2, -0.15) is 0 Å². The molecule has 1 aliphatic rings. The number of hydrogen-bond acceptors (Lipinski definition) is 5. The van der Waals surface area contributed by atoms with Crippen LogP contribution in [-0.2, 0) is 14.3 Å². The van der Waals surface area contributed by atoms with Crippen LogP contribution in [0.15, 0.2) is 18.2 Å². The molecule has 0 spiro atoms. The first-order chi connectivity index (χ1) is 11.4. The van der Waals surface area contributed by atoms with Crippen LogP contribution in [0.5, 0.6) is 5.75 Å². The fraction of sp³-hybridized carbons (Fsp3) is 0.471. The molecule has 1 aromatic rings. The second-order valence-corrected chi connectivity index (χ2v) is 6.21. The van der Waals surface area contributed by atoms with E-state index in [0.717, 1.165) is 0 Å². The number of esters is 1. The van der Waals surface area contributed by atoms with Crippen LogP contribution in [0.25, 0.3) is 0 Å². The van der Waals surface area contributed by atoms with Crippen molar-refractivity contribution in [1.82, 2.24) is 0 Å². The lowest BCUT2D eigenvalue weighted by atomic mass is 10.1. The van der Waals surface area contributed by atoms with Crippen molar-refractivity contribution in [3.8, 4) is 5.75 Å². The van der Waals surface area contributed by atoms with Gasteiger partial charge in [-0.25, -0.2) is 4.79 Å². The van der Waals surface area contributed by atoms with Gasteiger partial charge in [-0.3, -0.25) is 14.5 Å². The first-order valence-electron chi connectivity index (χ1n) is 7.80. The molecule has 2 unspecified atom stereocenters. The number of benzene rings is 1. The van der Waals surface area contributed by atoms with Crippen molar-refractivity contribution >= 4 is 34.9 Å². The molecule has 0 N–H and O–H groups in total. The number of rotatable bonds is 6. The third-order valence-corrected chi connectivity index (χ3v) is 3.86. The highest BCUT2D eigenvalue weighted by Crippen LogP contribution is 2.35. The summed E-state index contributed by atoms with van der Waals surface area (Å²) in [5.41, 5.74) is 0.726. The molecule has 1 aromatic carbocycles. The summed E-state index contributed by atoms with van der Waals surface area (Å²) in [7, 11) is 0. The predicted octanol–water partition coefficient (Wildman–Crippen LogP) is 2.56. The maximum atomic E-state index is 12.3. The van der Waals surface area contributed by atoms with Crippen molar-refractivity contribution in [2.45, 2.75) is 38.6 Å². The lowest BCUT2D eigenvalue weighted by Crippen LogP contribution is -2.48. The van der Waals surface area contributed by atoms with Gasteiger partial charge in [0.15, 0.2) is 12.4 Å². The normalized spacial score (nSPS) is 16.0. The van der Waals surface area contributed by atoms with Gasteiger partial charge in [-0.15, -0.1) is 11.6 Å². The average molecular weight is 354 g/mol. The van der Waals surface area contributed by atoms with Crippen molar-refractivity contribution in [2.24, 2.45) is 0 Å². The van der Waals surface area contributed by atoms with E-state index >= 15 is 0 Å². The van der Waals surface area contributed by atoms with E-state index < -0.39 is 17.4 Å². The number of alkyl halides is 1. The molecule has 1 heterocycles. The number of ketones is 1. The van der Waals surface area contributed by atoms with Crippen LogP contribution in [0, 0.1) is 0 Å². The minimum absolute atomic E-state index is 0.169. The molecular formula is C17H20ClNO5. The summed E-state index contributed by atoms with van der Waals surface area (Å²) in [6.45, 7) is 5.17. The molecule has 2 rings (SSSR count). The van der Waals surface area contributed by atoms with E-state index in [4.69, 9.17) is 21.1 Å². The Balaban J connectivity index is 2.37. The Bertz CT molecular complexity index is 658. The second kappa shape index (κ2) is 7.66. The lowest BCUT2D eigenvalue weighted by Gasteiger charge is -2.33. The van der Waals surface area contributed by atoms with Gasteiger partial charge in [-0.05, 0) is 38.5 Å². The SMILES string of the molecule is CCCOC(=O)C(C)N1C(=O)COc2ccc(C(=O)C(C)Cl)cc21. The highest BCUT2D eigenvalue weighted by Gasteiger charge is 2.34. The molecule has 0 aliphatic carbocycles. The number of hydrogen-bond donors (Lipinski definition) is 0. The third-order valence-electron chi connectivity index (χ3n) is 3.66. The van der Waals surface area contributed by atoms with E-state index in [1.807, 2.05) is 6.92 Å². The zero-order chi connectivity index (χ0) is 17.9. The molecule has 24 heavy (non-hydrogen) atoms. The third kappa shape index (κ3) is 3.70. The Morgan fingerprint density at radius 3 is 2.71 bits per heavy atom. The maximum absolute atomic E-state index is 12.3. The number of carbonyl (C=O) groups excluding carboxylic acids is 3. The molecular weight excluding hydrogens is 334 g/mol. The zero-order valence-corrected chi connectivity index (χ0v) is 14.6. The maximum Gasteiger partial charge on any atom is 0.328 e. The van der Waals surface area contributed by atoms with E-state index in [9.17, 15) is 14.4 Å². The molecule has 130 valence electrons. The summed E-state index contributed by atoms with van der Waals surface area (Å²) in [6, 6.07) is 3.90. The molecule has 7 heteroatoms. The van der Waals surface area contributed by atoms with Crippen molar-refractivity contribution in [2.75, 3.05) is 18.1 Å². The number of Topliss-reactive ketones (excluding diaryl/α,β-unsaturated/α-hetero) is 1. The number of carbonyl (C=O) groups is 3. The minimum atomic E-state index is -0.814. The van der Waals surface area contributed by atoms with Gasteiger partial charge in [0.2, 0.25) is 0 Å². The van der Waals surface area contributed by atoms with Crippen LogP contribution in [-0.4, -0.2) is 42.3 Å². The average Bonchev–Trinajstić information content (AvgIpc) is 2.57. The fourth-order valence-corrected chi connectivity index (χ4v) is 2.53. The summed E-state index contributed by atoms with van der Waals surface area (Å²) < 4.78 is 10.5. The summed E-state index contributed by atoms with van der Waals surface area (Å²) in [4.78, 5) is 37.8. The predicted molar refractivity (Wildman–Crippen MR) is 89.8 cm³/mol. The first-order valence-corrected chi connectivity index (χ1v) is 8.24. The van der Waals surface area contributed by atoms with E-state index in [1.54, 1.807) is 26.0 Å². The van der Waals surface area contributed by atoms with Crippen LogP contribution in [0.2, 0.25) is 0 Å². The summed E-state index contributed by atoms with van der Waals surface area (Å²) in [5, 5.41) is -0.691. The van der Waals surface area contributed by atoms with Crippen molar-refractivity contribution in [1.29, 1.82) is 0 Å². The number of amides is 1. The zero-order valence-electron chi connectivity index (χ0n) is 13.9. The lowest BCUT2D eigenvalue weighted by molar-refractivity contribution is -0.146. The van der Waals surface area contributed by atoms with Gasteiger partial charge in [0.05, 0.1) is 17.7 Å². The standard InChI is InChI=1S/C17H20ClNO5/c1-4-7-23-17(22)11(3)19-13-8-12(16(21)10(2)18)5-6-14(13)24-9-15(19)20/h5-6,8,10-11H,4,7,9H2,1-3H3. The number of halogens is 1. The Morgan fingerprint density at radius 1 is 1.38 bits per heavy atom. The van der Waals surface area contributed by atoms with Crippen LogP contribution >= 0.6 is 11.6 Å². The molecule has 0 radical (unpaired) electrons. The molecule has 0 saturated carbocycles. The molecule has 0 bridgehead atoms. The van der Waals surface area contributed by atoms with E-state index in [2.05, 4.69) is 0 Å². The van der Waals surface area contributed by atoms with E-state index in [1.165, 1.54) is 11.0 Å². The van der Waals surface area contributed by atoms with Crippen LogP contribution in [0.1, 0.15) is 37.6 Å². The molecule has 1 amide bonds. The fourth-order valence-electron chi connectivity index (χ4n) is 2.41. The van der Waals surface area contributed by atoms with Crippen LogP contribution in [0.3, 0.4) is 0 Å². The van der Waals surface area contributed by atoms with E-state index in [0.29, 0.717) is 23.4 Å². The largest absolute Gasteiger partial charge is 0.482 e. The highest BCUT2D eigenvalue weighted by molar-refractivity contribution is 6.33. The Morgan fingerprint density at radius 2 is 2.08 bits per heavy atom. The Kier molecular flexibility index (Phi) is 5.83. The minimum Gasteiger partial charge on any atom is -0.482 e. The summed E-state index contributed by atoms with van der Waals surface area (Å²) >= 11 is 5.85. The molecule has 2 atom stereocenters. The monoisotopic (exact) mass is 353 g/mol. The Labute approximate surface area is 145 Å². The Hall–Kier alpha value is -2.08. The quantitative estimate of drug-likeness (QED) is 0.446. The molecule has 0 aromatic heterocycles. The topological polar surface area (TPSA) is 72.9 Å². The highest BCUT2D eigenvalue weighted by atomic mass is 35.5. The van der Waals surface area contributed by atoms with Gasteiger partial charge < -0.3 is 9.47 Å². The van der Waals surface area contributed by atoms with Gasteiger partial charge in [0.25, 0.3) is 5.91 Å². The van der Waals surface area contributed by atoms with Gasteiger partial charge in [-0.1, -0.05) is 6.92 Å². The van der Waals surface area contributed by atoms with Gasteiger partial charge in [0, 0.05) is 5.56 Å². The first kappa shape index (κ1) is 18.3. The van der Waals surface area contributed by atoms with E-state index in [-0.39, 0.29) is 24.9 Å². The van der Waals surface area contributed by atoms with Crippen molar-refractivity contribution in [3.63, 3.8) is 0 Å². The van der Waals surface area contributed by atoms with Crippen molar-refractivity contribution < 1.29 is 23.9 Å². The number of ether oxygens (including phenoxy) is 2. The number of nitrogens with zero attached hydrogens (tertiary/aromatic N) is 1. The molecule has 6 nitrogen and oxygen atoms in total. The number of fused-ring (bicyclic) bond motifs is 1. The van der Waals surface area contributed by atoms with Crippen LogP contribution < -0.4 is 9.64 Å².